The number of alkyl halides is 3. The number of hydrogen-bond donors (Lipinski definition) is 2. The zero-order chi connectivity index (χ0) is 17.9. The maximum absolute atomic E-state index is 13.0. The van der Waals surface area contributed by atoms with Crippen LogP contribution in [0.3, 0.4) is 0 Å². The number of para-hydroxylation sites is 1. The van der Waals surface area contributed by atoms with Gasteiger partial charge in [-0.05, 0) is 12.1 Å². The lowest BCUT2D eigenvalue weighted by atomic mass is 10.1. The third-order valence-electron chi connectivity index (χ3n) is 2.82. The number of halogens is 3. The van der Waals surface area contributed by atoms with Gasteiger partial charge in [-0.1, -0.05) is 12.1 Å². The van der Waals surface area contributed by atoms with Gasteiger partial charge in [-0.3, -0.25) is 15.5 Å². The Morgan fingerprint density at radius 3 is 2.38 bits per heavy atom. The molecule has 24 heavy (non-hydrogen) atoms. The molecule has 1 aromatic carbocycles. The summed E-state index contributed by atoms with van der Waals surface area (Å²) < 4.78 is 39.1. The van der Waals surface area contributed by atoms with Crippen LogP contribution < -0.4 is 10.7 Å². The minimum Gasteiger partial charge on any atom is -0.334 e. The van der Waals surface area contributed by atoms with Crippen molar-refractivity contribution in [1.29, 1.82) is 0 Å². The van der Waals surface area contributed by atoms with Crippen LogP contribution in [0.5, 0.6) is 0 Å². The van der Waals surface area contributed by atoms with Gasteiger partial charge in [0.25, 0.3) is 0 Å². The molecule has 0 radical (unpaired) electrons. The lowest BCUT2D eigenvalue weighted by Crippen LogP contribution is -2.21. The molecular weight excluding hydrogens is 329 g/mol. The van der Waals surface area contributed by atoms with E-state index in [-0.39, 0.29) is 17.3 Å². The maximum Gasteiger partial charge on any atom is 0.418 e. The highest BCUT2D eigenvalue weighted by Crippen LogP contribution is 2.38. The number of nitro groups is 1. The summed E-state index contributed by atoms with van der Waals surface area (Å²) >= 11 is 0. The van der Waals surface area contributed by atoms with E-state index in [0.29, 0.717) is 0 Å². The van der Waals surface area contributed by atoms with Crippen molar-refractivity contribution in [1.82, 2.24) is 15.0 Å². The summed E-state index contributed by atoms with van der Waals surface area (Å²) in [5.74, 6) is -0.497. The molecule has 0 unspecified atom stereocenters. The van der Waals surface area contributed by atoms with E-state index in [0.717, 1.165) is 18.5 Å². The SMILES string of the molecule is CN(C)Nc1ncnc(Nc2ccccc2C(F)(F)F)c1[N+](=O)[O-]. The Morgan fingerprint density at radius 1 is 1.17 bits per heavy atom. The molecule has 0 aliphatic rings. The van der Waals surface area contributed by atoms with Crippen LogP contribution in [-0.4, -0.2) is 34.0 Å². The van der Waals surface area contributed by atoms with E-state index in [2.05, 4.69) is 20.7 Å². The molecular formula is C13H13F3N6O2. The lowest BCUT2D eigenvalue weighted by Gasteiger charge is -2.16. The predicted octanol–water partition coefficient (Wildman–Crippen LogP) is 3.04. The summed E-state index contributed by atoms with van der Waals surface area (Å²) in [4.78, 5) is 18.0. The first-order chi connectivity index (χ1) is 11.2. The highest BCUT2D eigenvalue weighted by atomic mass is 19.4. The molecule has 0 fully saturated rings. The van der Waals surface area contributed by atoms with Gasteiger partial charge < -0.3 is 5.32 Å². The molecule has 0 saturated heterocycles. The topological polar surface area (TPSA) is 96.2 Å². The molecule has 0 aliphatic carbocycles. The zero-order valence-corrected chi connectivity index (χ0v) is 12.6. The summed E-state index contributed by atoms with van der Waals surface area (Å²) in [5.41, 5.74) is 0.734. The van der Waals surface area contributed by atoms with Crippen molar-refractivity contribution in [3.8, 4) is 0 Å². The quantitative estimate of drug-likeness (QED) is 0.637. The first kappa shape index (κ1) is 17.4. The average Bonchev–Trinajstić information content (AvgIpc) is 2.46. The van der Waals surface area contributed by atoms with Crippen LogP contribution in [0.2, 0.25) is 0 Å². The minimum absolute atomic E-state index is 0.146. The molecule has 0 atom stereocenters. The van der Waals surface area contributed by atoms with Crippen molar-refractivity contribution in [2.45, 2.75) is 6.18 Å². The van der Waals surface area contributed by atoms with E-state index in [1.165, 1.54) is 17.1 Å². The van der Waals surface area contributed by atoms with Crippen LogP contribution in [0.4, 0.5) is 36.2 Å². The largest absolute Gasteiger partial charge is 0.418 e. The number of hydrazine groups is 1. The van der Waals surface area contributed by atoms with Crippen molar-refractivity contribution in [3.05, 3.63) is 46.3 Å². The fourth-order valence-corrected chi connectivity index (χ4v) is 1.90. The van der Waals surface area contributed by atoms with Gasteiger partial charge in [-0.15, -0.1) is 0 Å². The molecule has 8 nitrogen and oxygen atoms in total. The second-order valence-corrected chi connectivity index (χ2v) is 4.85. The number of benzene rings is 1. The van der Waals surface area contributed by atoms with Gasteiger partial charge in [0.1, 0.15) is 6.33 Å². The molecule has 1 aromatic heterocycles. The van der Waals surface area contributed by atoms with E-state index >= 15 is 0 Å². The molecule has 0 aliphatic heterocycles. The number of aromatic nitrogens is 2. The molecule has 0 spiro atoms. The van der Waals surface area contributed by atoms with Gasteiger partial charge in [0.15, 0.2) is 0 Å². The molecule has 0 bridgehead atoms. The van der Waals surface area contributed by atoms with Crippen molar-refractivity contribution in [2.75, 3.05) is 24.8 Å². The van der Waals surface area contributed by atoms with Crippen LogP contribution in [0, 0.1) is 10.1 Å². The third kappa shape index (κ3) is 3.87. The van der Waals surface area contributed by atoms with Crippen molar-refractivity contribution in [3.63, 3.8) is 0 Å². The van der Waals surface area contributed by atoms with E-state index in [4.69, 9.17) is 0 Å². The number of nitrogens with one attached hydrogen (secondary N) is 2. The lowest BCUT2D eigenvalue weighted by molar-refractivity contribution is -0.383. The molecule has 128 valence electrons. The monoisotopic (exact) mass is 342 g/mol. The Hall–Kier alpha value is -2.95. The smallest absolute Gasteiger partial charge is 0.334 e. The number of nitrogens with zero attached hydrogens (tertiary/aromatic N) is 4. The zero-order valence-electron chi connectivity index (χ0n) is 12.6. The first-order valence-corrected chi connectivity index (χ1v) is 6.56. The number of rotatable bonds is 5. The van der Waals surface area contributed by atoms with E-state index in [9.17, 15) is 23.3 Å². The second-order valence-electron chi connectivity index (χ2n) is 4.85. The fourth-order valence-electron chi connectivity index (χ4n) is 1.90. The highest BCUT2D eigenvalue weighted by Gasteiger charge is 2.34. The molecule has 2 N–H and O–H groups in total. The Labute approximate surface area is 134 Å². The van der Waals surface area contributed by atoms with Crippen molar-refractivity contribution < 1.29 is 18.1 Å². The first-order valence-electron chi connectivity index (χ1n) is 6.56. The van der Waals surface area contributed by atoms with Crippen LogP contribution in [0.25, 0.3) is 0 Å². The van der Waals surface area contributed by atoms with E-state index < -0.39 is 22.4 Å². The van der Waals surface area contributed by atoms with Crippen molar-refractivity contribution >= 4 is 23.0 Å². The Morgan fingerprint density at radius 2 is 1.79 bits per heavy atom. The second kappa shape index (κ2) is 6.66. The van der Waals surface area contributed by atoms with E-state index in [1.807, 2.05) is 0 Å². The summed E-state index contributed by atoms with van der Waals surface area (Å²) in [7, 11) is 3.16. The standard InChI is InChI=1S/C13H13F3N6O2/c1-21(2)20-12-10(22(23)24)11(17-7-18-12)19-9-6-4-3-5-8(9)13(14,15)16/h3-7H,1-2H3,(H2,17,18,19,20). The summed E-state index contributed by atoms with van der Waals surface area (Å²) in [6.45, 7) is 0. The van der Waals surface area contributed by atoms with Gasteiger partial charge in [0, 0.05) is 14.1 Å². The van der Waals surface area contributed by atoms with Crippen LogP contribution in [0.15, 0.2) is 30.6 Å². The molecule has 11 heteroatoms. The molecule has 2 aromatic rings. The minimum atomic E-state index is -4.61. The van der Waals surface area contributed by atoms with Gasteiger partial charge >= 0.3 is 11.9 Å². The summed E-state index contributed by atoms with van der Waals surface area (Å²) in [6, 6.07) is 4.63. The molecule has 0 saturated carbocycles. The number of hydrogen-bond acceptors (Lipinski definition) is 7. The predicted molar refractivity (Wildman–Crippen MR) is 80.7 cm³/mol. The fraction of sp³-hybridized carbons (Fsp3) is 0.231. The average molecular weight is 342 g/mol. The maximum atomic E-state index is 13.0. The van der Waals surface area contributed by atoms with E-state index in [1.54, 1.807) is 14.1 Å². The Balaban J connectivity index is 2.50. The Kier molecular flexibility index (Phi) is 4.83. The highest BCUT2D eigenvalue weighted by molar-refractivity contribution is 5.74. The summed E-state index contributed by atoms with van der Waals surface area (Å²) in [6.07, 6.45) is -3.60. The number of anilines is 3. The van der Waals surface area contributed by atoms with Crippen LogP contribution >= 0.6 is 0 Å². The van der Waals surface area contributed by atoms with Crippen LogP contribution in [0.1, 0.15) is 5.56 Å². The summed E-state index contributed by atoms with van der Waals surface area (Å²) in [5, 5.41) is 15.1. The van der Waals surface area contributed by atoms with Gasteiger partial charge in [0.2, 0.25) is 11.6 Å². The molecule has 0 amide bonds. The van der Waals surface area contributed by atoms with Gasteiger partial charge in [-0.25, -0.2) is 15.0 Å². The molecule has 2 rings (SSSR count). The normalized spacial score (nSPS) is 11.4. The van der Waals surface area contributed by atoms with Crippen molar-refractivity contribution in [2.24, 2.45) is 0 Å². The third-order valence-corrected chi connectivity index (χ3v) is 2.82. The van der Waals surface area contributed by atoms with Gasteiger partial charge in [0.05, 0.1) is 16.2 Å². The van der Waals surface area contributed by atoms with Gasteiger partial charge in [-0.2, -0.15) is 13.2 Å². The molecule has 1 heterocycles. The Bertz CT molecular complexity index is 751. The van der Waals surface area contributed by atoms with Crippen LogP contribution in [-0.2, 0) is 6.18 Å².